The molecule has 1 fully saturated rings. The maximum absolute atomic E-state index is 11.9. The molecule has 0 aromatic heterocycles. The second kappa shape index (κ2) is 6.23. The van der Waals surface area contributed by atoms with Gasteiger partial charge in [0.25, 0.3) is 0 Å². The van der Waals surface area contributed by atoms with Gasteiger partial charge >= 0.3 is 6.09 Å². The molecule has 0 radical (unpaired) electrons. The van der Waals surface area contributed by atoms with Crippen molar-refractivity contribution in [3.63, 3.8) is 0 Å². The fourth-order valence-electron chi connectivity index (χ4n) is 1.99. The summed E-state index contributed by atoms with van der Waals surface area (Å²) >= 11 is 0. The first kappa shape index (κ1) is 14.8. The Labute approximate surface area is 119 Å². The molecule has 1 amide bonds. The third-order valence-corrected chi connectivity index (χ3v) is 5.08. The summed E-state index contributed by atoms with van der Waals surface area (Å²) < 4.78 is 30.1. The van der Waals surface area contributed by atoms with E-state index in [0.29, 0.717) is 31.9 Å². The highest BCUT2D eigenvalue weighted by Gasteiger charge is 2.28. The van der Waals surface area contributed by atoms with Crippen LogP contribution in [0.3, 0.4) is 0 Å². The number of sulfonamides is 1. The highest BCUT2D eigenvalue weighted by molar-refractivity contribution is 7.89. The lowest BCUT2D eigenvalue weighted by Crippen LogP contribution is -2.51. The van der Waals surface area contributed by atoms with E-state index >= 15 is 0 Å². The van der Waals surface area contributed by atoms with Gasteiger partial charge in [0, 0.05) is 26.2 Å². The van der Waals surface area contributed by atoms with Crippen molar-refractivity contribution < 1.29 is 17.9 Å². The molecule has 1 aliphatic rings. The lowest BCUT2D eigenvalue weighted by molar-refractivity contribution is 0.132. The zero-order valence-corrected chi connectivity index (χ0v) is 12.2. The van der Waals surface area contributed by atoms with Gasteiger partial charge in [0.15, 0.2) is 0 Å². The average Bonchev–Trinajstić information content (AvgIpc) is 2.48. The number of hydrogen-bond donors (Lipinski definition) is 0. The van der Waals surface area contributed by atoms with Crippen molar-refractivity contribution in [2.24, 2.45) is 0 Å². The molecule has 0 spiro atoms. The second-order valence-corrected chi connectivity index (χ2v) is 6.73. The van der Waals surface area contributed by atoms with Gasteiger partial charge in [-0.2, -0.15) is 4.31 Å². The van der Waals surface area contributed by atoms with Gasteiger partial charge in [-0.25, -0.2) is 13.2 Å². The third kappa shape index (κ3) is 3.49. The minimum atomic E-state index is -3.17. The maximum Gasteiger partial charge on any atom is 0.415 e. The van der Waals surface area contributed by atoms with Gasteiger partial charge < -0.3 is 9.64 Å². The van der Waals surface area contributed by atoms with Crippen molar-refractivity contribution in [2.75, 3.05) is 31.9 Å². The van der Waals surface area contributed by atoms with Crippen LogP contribution in [-0.4, -0.2) is 55.6 Å². The molecule has 2 rings (SSSR count). The Bertz CT molecular complexity index is 551. The first-order valence-corrected chi connectivity index (χ1v) is 8.13. The third-order valence-electron chi connectivity index (χ3n) is 3.20. The molecule has 0 N–H and O–H groups in total. The van der Waals surface area contributed by atoms with Crippen LogP contribution < -0.4 is 4.74 Å². The number of rotatable bonds is 3. The van der Waals surface area contributed by atoms with Crippen molar-refractivity contribution in [1.29, 1.82) is 0 Å². The van der Waals surface area contributed by atoms with E-state index < -0.39 is 16.1 Å². The first-order valence-electron chi connectivity index (χ1n) is 6.52. The summed E-state index contributed by atoms with van der Waals surface area (Å²) in [6.07, 6.45) is -0.440. The number of ether oxygens (including phenoxy) is 1. The highest BCUT2D eigenvalue weighted by Crippen LogP contribution is 2.13. The van der Waals surface area contributed by atoms with Crippen LogP contribution in [0.15, 0.2) is 30.3 Å². The average molecular weight is 298 g/mol. The van der Waals surface area contributed by atoms with Crippen molar-refractivity contribution in [3.8, 4) is 5.75 Å². The Balaban J connectivity index is 1.89. The lowest BCUT2D eigenvalue weighted by atomic mass is 10.3. The molecule has 1 aromatic carbocycles. The molecule has 6 nitrogen and oxygen atoms in total. The van der Waals surface area contributed by atoms with E-state index in [2.05, 4.69) is 0 Å². The molecule has 110 valence electrons. The fraction of sp³-hybridized carbons (Fsp3) is 0.462. The molecule has 1 heterocycles. The Morgan fingerprint density at radius 2 is 1.75 bits per heavy atom. The maximum atomic E-state index is 11.9. The van der Waals surface area contributed by atoms with Crippen LogP contribution in [0.1, 0.15) is 6.92 Å². The van der Waals surface area contributed by atoms with E-state index in [1.807, 2.05) is 6.07 Å². The van der Waals surface area contributed by atoms with Gasteiger partial charge in [-0.1, -0.05) is 18.2 Å². The van der Waals surface area contributed by atoms with E-state index in [9.17, 15) is 13.2 Å². The molecule has 0 aliphatic carbocycles. The number of amides is 1. The Morgan fingerprint density at radius 1 is 1.15 bits per heavy atom. The molecule has 1 saturated heterocycles. The zero-order chi connectivity index (χ0) is 14.6. The summed E-state index contributed by atoms with van der Waals surface area (Å²) in [7, 11) is -3.17. The molecule has 0 saturated carbocycles. The number of carbonyl (C=O) groups excluding carboxylic acids is 1. The van der Waals surface area contributed by atoms with Crippen molar-refractivity contribution >= 4 is 16.1 Å². The van der Waals surface area contributed by atoms with E-state index in [-0.39, 0.29) is 5.75 Å². The van der Waals surface area contributed by atoms with Crippen LogP contribution in [0.5, 0.6) is 5.75 Å². The Hall–Kier alpha value is -1.60. The van der Waals surface area contributed by atoms with Gasteiger partial charge in [0.1, 0.15) is 5.75 Å². The molecule has 1 aromatic rings. The summed E-state index contributed by atoms with van der Waals surface area (Å²) in [5.41, 5.74) is 0. The van der Waals surface area contributed by atoms with Crippen LogP contribution in [0.2, 0.25) is 0 Å². The van der Waals surface area contributed by atoms with E-state index in [4.69, 9.17) is 4.74 Å². The highest BCUT2D eigenvalue weighted by atomic mass is 32.2. The summed E-state index contributed by atoms with van der Waals surface area (Å²) in [6, 6.07) is 8.82. The SMILES string of the molecule is CCS(=O)(=O)N1CCN(C(=O)Oc2ccccc2)CC1. The molecule has 20 heavy (non-hydrogen) atoms. The van der Waals surface area contributed by atoms with Gasteiger partial charge in [-0.3, -0.25) is 0 Å². The van der Waals surface area contributed by atoms with Crippen LogP contribution in [0, 0.1) is 0 Å². The number of benzene rings is 1. The quantitative estimate of drug-likeness (QED) is 0.839. The fourth-order valence-corrected chi connectivity index (χ4v) is 3.07. The normalized spacial score (nSPS) is 16.9. The molecular weight excluding hydrogens is 280 g/mol. The second-order valence-electron chi connectivity index (χ2n) is 4.47. The molecule has 0 bridgehead atoms. The topological polar surface area (TPSA) is 66.9 Å². The Morgan fingerprint density at radius 3 is 2.30 bits per heavy atom. The summed E-state index contributed by atoms with van der Waals surface area (Å²) in [5, 5.41) is 0. The number of piperazine rings is 1. The molecule has 0 unspecified atom stereocenters. The van der Waals surface area contributed by atoms with E-state index in [0.717, 1.165) is 0 Å². The van der Waals surface area contributed by atoms with Gasteiger partial charge in [0.05, 0.1) is 5.75 Å². The standard InChI is InChI=1S/C13H18N2O4S/c1-2-20(17,18)15-10-8-14(9-11-15)13(16)19-12-6-4-3-5-7-12/h3-7H,2,8-11H2,1H3. The van der Waals surface area contributed by atoms with Crippen LogP contribution in [0.4, 0.5) is 4.79 Å². The summed E-state index contributed by atoms with van der Waals surface area (Å²) in [5.74, 6) is 0.572. The number of carbonyl (C=O) groups is 1. The summed E-state index contributed by atoms with van der Waals surface area (Å²) in [6.45, 7) is 2.96. The largest absolute Gasteiger partial charge is 0.415 e. The van der Waals surface area contributed by atoms with Crippen LogP contribution >= 0.6 is 0 Å². The molecular formula is C13H18N2O4S. The molecule has 7 heteroatoms. The molecule has 0 atom stereocenters. The van der Waals surface area contributed by atoms with Crippen LogP contribution in [0.25, 0.3) is 0 Å². The summed E-state index contributed by atoms with van der Waals surface area (Å²) in [4.78, 5) is 13.5. The van der Waals surface area contributed by atoms with E-state index in [1.165, 1.54) is 9.21 Å². The first-order chi connectivity index (χ1) is 9.53. The minimum Gasteiger partial charge on any atom is -0.410 e. The predicted molar refractivity (Wildman–Crippen MR) is 75.1 cm³/mol. The smallest absolute Gasteiger partial charge is 0.410 e. The van der Waals surface area contributed by atoms with Crippen LogP contribution in [-0.2, 0) is 10.0 Å². The van der Waals surface area contributed by atoms with Gasteiger partial charge in [0.2, 0.25) is 10.0 Å². The minimum absolute atomic E-state index is 0.0848. The lowest BCUT2D eigenvalue weighted by Gasteiger charge is -2.33. The number of hydrogen-bond acceptors (Lipinski definition) is 4. The molecule has 1 aliphatic heterocycles. The zero-order valence-electron chi connectivity index (χ0n) is 11.4. The van der Waals surface area contributed by atoms with Crippen molar-refractivity contribution in [2.45, 2.75) is 6.92 Å². The van der Waals surface area contributed by atoms with E-state index in [1.54, 1.807) is 31.2 Å². The monoisotopic (exact) mass is 298 g/mol. The Kier molecular flexibility index (Phi) is 4.61. The van der Waals surface area contributed by atoms with Crippen molar-refractivity contribution in [1.82, 2.24) is 9.21 Å². The van der Waals surface area contributed by atoms with Gasteiger partial charge in [-0.15, -0.1) is 0 Å². The predicted octanol–water partition coefficient (Wildman–Crippen LogP) is 1.15. The number of nitrogens with zero attached hydrogens (tertiary/aromatic N) is 2. The van der Waals surface area contributed by atoms with Gasteiger partial charge in [-0.05, 0) is 19.1 Å². The van der Waals surface area contributed by atoms with Crippen molar-refractivity contribution in [3.05, 3.63) is 30.3 Å². The number of para-hydroxylation sites is 1.